The van der Waals surface area contributed by atoms with E-state index in [0.717, 1.165) is 46.9 Å². The number of benzene rings is 2. The maximum atomic E-state index is 13.2. The van der Waals surface area contributed by atoms with Gasteiger partial charge in [0.1, 0.15) is 0 Å². The third kappa shape index (κ3) is 4.28. The van der Waals surface area contributed by atoms with Crippen LogP contribution in [0.15, 0.2) is 36.4 Å². The molecule has 1 N–H and O–H groups in total. The number of anilines is 1. The van der Waals surface area contributed by atoms with Crippen LogP contribution in [0, 0.1) is 6.92 Å². The molecule has 0 aliphatic carbocycles. The normalized spacial score (nSPS) is 11.1. The van der Waals surface area contributed by atoms with E-state index in [2.05, 4.69) is 18.3 Å². The van der Waals surface area contributed by atoms with Crippen LogP contribution in [0.2, 0.25) is 0 Å². The molecule has 0 fully saturated rings. The van der Waals surface area contributed by atoms with Crippen molar-refractivity contribution in [2.24, 2.45) is 0 Å². The zero-order valence-corrected chi connectivity index (χ0v) is 19.6. The molecule has 2 heterocycles. The quantitative estimate of drug-likeness (QED) is 0.409. The largest absolute Gasteiger partial charge is 0.493 e. The zero-order chi connectivity index (χ0) is 23.5. The highest BCUT2D eigenvalue weighted by Gasteiger charge is 2.20. The number of carbonyl (C=O) groups excluding carboxylic acids is 1. The number of pyridine rings is 1. The van der Waals surface area contributed by atoms with Crippen molar-refractivity contribution in [3.05, 3.63) is 47.5 Å². The van der Waals surface area contributed by atoms with Crippen molar-refractivity contribution in [3.63, 3.8) is 0 Å². The smallest absolute Gasteiger partial charge is 0.257 e. The fraction of sp³-hybridized carbons (Fsp3) is 0.320. The van der Waals surface area contributed by atoms with Gasteiger partial charge in [0.25, 0.3) is 5.91 Å². The monoisotopic (exact) mass is 448 g/mol. The third-order valence-corrected chi connectivity index (χ3v) is 5.55. The Kier molecular flexibility index (Phi) is 6.35. The number of aryl methyl sites for hydroxylation is 2. The van der Waals surface area contributed by atoms with Gasteiger partial charge in [0.2, 0.25) is 5.75 Å². The van der Waals surface area contributed by atoms with Crippen LogP contribution in [-0.4, -0.2) is 42.0 Å². The molecule has 0 radical (unpaired) electrons. The Morgan fingerprint density at radius 2 is 1.76 bits per heavy atom. The molecule has 8 nitrogen and oxygen atoms in total. The molecular weight excluding hydrogens is 420 g/mol. The number of nitrogens with zero attached hydrogens (tertiary/aromatic N) is 3. The number of unbranched alkanes of at least 4 members (excludes halogenated alkanes) is 1. The van der Waals surface area contributed by atoms with Gasteiger partial charge in [-0.2, -0.15) is 5.10 Å². The molecule has 0 spiro atoms. The Bertz CT molecular complexity index is 1300. The maximum absolute atomic E-state index is 13.2. The summed E-state index contributed by atoms with van der Waals surface area (Å²) in [5.74, 6) is 1.38. The molecular formula is C25H28N4O4. The van der Waals surface area contributed by atoms with Gasteiger partial charge in [-0.1, -0.05) is 25.0 Å². The van der Waals surface area contributed by atoms with Crippen LogP contribution in [0.25, 0.3) is 21.9 Å². The number of hydrogen-bond acceptors (Lipinski definition) is 6. The predicted octanol–water partition coefficient (Wildman–Crippen LogP) is 4.97. The summed E-state index contributed by atoms with van der Waals surface area (Å²) in [6.07, 6.45) is 1.99. The summed E-state index contributed by atoms with van der Waals surface area (Å²) in [4.78, 5) is 18.0. The number of ether oxygens (including phenoxy) is 3. The fourth-order valence-corrected chi connectivity index (χ4v) is 3.83. The van der Waals surface area contributed by atoms with Crippen molar-refractivity contribution >= 4 is 33.7 Å². The summed E-state index contributed by atoms with van der Waals surface area (Å²) < 4.78 is 18.0. The van der Waals surface area contributed by atoms with Gasteiger partial charge in [-0.15, -0.1) is 0 Å². The van der Waals surface area contributed by atoms with E-state index in [1.165, 1.54) is 21.3 Å². The highest BCUT2D eigenvalue weighted by atomic mass is 16.5. The van der Waals surface area contributed by atoms with Gasteiger partial charge >= 0.3 is 0 Å². The number of carbonyl (C=O) groups is 1. The summed E-state index contributed by atoms with van der Waals surface area (Å²) >= 11 is 0. The van der Waals surface area contributed by atoms with E-state index in [0.29, 0.717) is 28.6 Å². The predicted molar refractivity (Wildman–Crippen MR) is 129 cm³/mol. The number of methoxy groups -OCH3 is 3. The van der Waals surface area contributed by atoms with Crippen LogP contribution in [0.5, 0.6) is 17.2 Å². The first-order chi connectivity index (χ1) is 16.0. The highest BCUT2D eigenvalue weighted by molar-refractivity contribution is 6.09. The van der Waals surface area contributed by atoms with E-state index in [9.17, 15) is 4.79 Å². The average molecular weight is 449 g/mol. The fourth-order valence-electron chi connectivity index (χ4n) is 3.83. The molecule has 2 aromatic heterocycles. The second kappa shape index (κ2) is 9.36. The molecule has 8 heteroatoms. The summed E-state index contributed by atoms with van der Waals surface area (Å²) in [5, 5.41) is 9.44. The summed E-state index contributed by atoms with van der Waals surface area (Å²) in [6.45, 7) is 4.89. The number of amides is 1. The van der Waals surface area contributed by atoms with Crippen LogP contribution < -0.4 is 19.5 Å². The lowest BCUT2D eigenvalue weighted by atomic mass is 10.1. The van der Waals surface area contributed by atoms with Crippen LogP contribution >= 0.6 is 0 Å². The molecule has 0 unspecified atom stereocenters. The van der Waals surface area contributed by atoms with Crippen LogP contribution in [0.1, 0.15) is 35.7 Å². The van der Waals surface area contributed by atoms with Gasteiger partial charge in [-0.3, -0.25) is 4.79 Å². The van der Waals surface area contributed by atoms with Crippen molar-refractivity contribution < 1.29 is 19.0 Å². The topological polar surface area (TPSA) is 87.5 Å². The highest BCUT2D eigenvalue weighted by Crippen LogP contribution is 2.38. The van der Waals surface area contributed by atoms with E-state index in [1.54, 1.807) is 12.1 Å². The van der Waals surface area contributed by atoms with E-state index < -0.39 is 0 Å². The lowest BCUT2D eigenvalue weighted by molar-refractivity contribution is 0.102. The van der Waals surface area contributed by atoms with Crippen molar-refractivity contribution in [2.75, 3.05) is 26.6 Å². The second-order valence-electron chi connectivity index (χ2n) is 7.85. The molecule has 172 valence electrons. The minimum absolute atomic E-state index is 0.333. The van der Waals surface area contributed by atoms with Gasteiger partial charge < -0.3 is 19.5 Å². The van der Waals surface area contributed by atoms with Gasteiger partial charge in [0.05, 0.1) is 32.2 Å². The molecule has 0 bridgehead atoms. The molecule has 33 heavy (non-hydrogen) atoms. The molecule has 4 rings (SSSR count). The van der Waals surface area contributed by atoms with Crippen molar-refractivity contribution in [3.8, 4) is 17.2 Å². The van der Waals surface area contributed by atoms with Crippen LogP contribution in [-0.2, 0) is 6.54 Å². The third-order valence-electron chi connectivity index (χ3n) is 5.55. The molecule has 1 amide bonds. The number of rotatable bonds is 8. The Labute approximate surface area is 192 Å². The Balaban J connectivity index is 1.78. The summed E-state index contributed by atoms with van der Waals surface area (Å²) in [5.41, 5.74) is 3.16. The molecule has 4 aromatic rings. The lowest BCUT2D eigenvalue weighted by Gasteiger charge is -2.13. The van der Waals surface area contributed by atoms with Crippen molar-refractivity contribution in [1.82, 2.24) is 14.8 Å². The van der Waals surface area contributed by atoms with E-state index in [1.807, 2.05) is 29.8 Å². The summed E-state index contributed by atoms with van der Waals surface area (Å²) in [7, 11) is 4.55. The zero-order valence-electron chi connectivity index (χ0n) is 19.6. The molecule has 0 atom stereocenters. The number of fused-ring (bicyclic) bond motifs is 2. The van der Waals surface area contributed by atoms with E-state index >= 15 is 0 Å². The Morgan fingerprint density at radius 1 is 1.03 bits per heavy atom. The number of hydrogen-bond donors (Lipinski definition) is 1. The van der Waals surface area contributed by atoms with Crippen LogP contribution in [0.3, 0.4) is 0 Å². The van der Waals surface area contributed by atoms with Crippen molar-refractivity contribution in [1.29, 1.82) is 0 Å². The minimum atomic E-state index is -0.333. The van der Waals surface area contributed by atoms with Gasteiger partial charge in [0.15, 0.2) is 23.0 Å². The second-order valence-corrected chi connectivity index (χ2v) is 7.85. The first-order valence-corrected chi connectivity index (χ1v) is 10.9. The maximum Gasteiger partial charge on any atom is 0.257 e. The van der Waals surface area contributed by atoms with Gasteiger partial charge in [-0.25, -0.2) is 9.67 Å². The van der Waals surface area contributed by atoms with Gasteiger partial charge in [-0.05, 0) is 43.7 Å². The standard InChI is InChI=1S/C25H28N4O4/c1-6-7-10-29-24-18(12-16-11-15(2)8-9-19(16)26-24)23(28-29)27-25(30)17-13-20(31-3)22(33-5)21(14-17)32-4/h8-9,11-14H,6-7,10H2,1-5H3,(H,27,28,30). The number of aromatic nitrogens is 3. The lowest BCUT2D eigenvalue weighted by Crippen LogP contribution is -2.13. The van der Waals surface area contributed by atoms with Crippen molar-refractivity contribution in [2.45, 2.75) is 33.2 Å². The molecule has 0 saturated heterocycles. The minimum Gasteiger partial charge on any atom is -0.493 e. The molecule has 2 aromatic carbocycles. The molecule has 0 aliphatic rings. The Hall–Kier alpha value is -3.81. The van der Waals surface area contributed by atoms with E-state index in [-0.39, 0.29) is 5.91 Å². The van der Waals surface area contributed by atoms with Crippen LogP contribution in [0.4, 0.5) is 5.82 Å². The first kappa shape index (κ1) is 22.4. The van der Waals surface area contributed by atoms with Gasteiger partial charge in [0, 0.05) is 17.5 Å². The molecule has 0 saturated carbocycles. The Morgan fingerprint density at radius 3 is 2.39 bits per heavy atom. The first-order valence-electron chi connectivity index (χ1n) is 10.9. The van der Waals surface area contributed by atoms with E-state index in [4.69, 9.17) is 24.3 Å². The number of nitrogens with one attached hydrogen (secondary N) is 1. The molecule has 0 aliphatic heterocycles. The SMILES string of the molecule is CCCCn1nc(NC(=O)c2cc(OC)c(OC)c(OC)c2)c2cc3cc(C)ccc3nc21. The average Bonchev–Trinajstić information content (AvgIpc) is 3.15. The summed E-state index contributed by atoms with van der Waals surface area (Å²) in [6, 6.07) is 11.4.